The van der Waals surface area contributed by atoms with Crippen molar-refractivity contribution in [3.05, 3.63) is 120 Å². The maximum absolute atomic E-state index is 13.1. The van der Waals surface area contributed by atoms with E-state index in [1.807, 2.05) is 85.8 Å². The molecule has 7 nitrogen and oxygen atoms in total. The molecule has 240 valence electrons. The Morgan fingerprint density at radius 1 is 0.689 bits per heavy atom. The first-order valence-electron chi connectivity index (χ1n) is 15.5. The molecule has 0 saturated carbocycles. The lowest BCUT2D eigenvalue weighted by atomic mass is 9.94. The van der Waals surface area contributed by atoms with E-state index in [1.165, 1.54) is 6.08 Å². The second-order valence-electron chi connectivity index (χ2n) is 10.8. The normalized spacial score (nSPS) is 24.2. The molecule has 0 bridgehead atoms. The average Bonchev–Trinajstić information content (AvgIpc) is 3.07. The zero-order valence-corrected chi connectivity index (χ0v) is 26.6. The van der Waals surface area contributed by atoms with E-state index in [0.29, 0.717) is 45.5 Å². The highest BCUT2D eigenvalue weighted by Gasteiger charge is 2.23. The molecule has 3 rings (SSSR count). The van der Waals surface area contributed by atoms with Crippen LogP contribution in [-0.4, -0.2) is 44.8 Å². The van der Waals surface area contributed by atoms with Gasteiger partial charge in [-0.05, 0) is 73.6 Å². The molecule has 45 heavy (non-hydrogen) atoms. The van der Waals surface area contributed by atoms with Crippen molar-refractivity contribution in [2.24, 2.45) is 5.92 Å². The summed E-state index contributed by atoms with van der Waals surface area (Å²) in [5.74, 6) is 0.860. The standard InChI is InChI=1S/C38H46O7/c1-30-36(39)16-10-7-9-15-35(44-28-31-19-23-33(41-2)24-20-31)14-8-5-4-6-11-18-38(40)43-27-13-12-17-37(30)45-29-32-21-25-34(42-3)26-22-32/h4-11,16,18-26,30,35,37H,12-15,17,27-29H2,1-3H3/b6-4+,8-5+,9-7+,16-10+,18-11+/t30-,35-,37-/m0/s1. The van der Waals surface area contributed by atoms with Gasteiger partial charge in [-0.2, -0.15) is 0 Å². The van der Waals surface area contributed by atoms with Gasteiger partial charge in [0.05, 0.1) is 46.2 Å². The molecule has 3 atom stereocenters. The Bertz CT molecular complexity index is 1300. The number of hydrogen-bond acceptors (Lipinski definition) is 7. The number of esters is 1. The van der Waals surface area contributed by atoms with Crippen LogP contribution in [0.5, 0.6) is 11.5 Å². The summed E-state index contributed by atoms with van der Waals surface area (Å²) >= 11 is 0. The number of carbonyl (C=O) groups excluding carboxylic acids is 2. The molecule has 0 aromatic heterocycles. The first kappa shape index (κ1) is 35.3. The first-order valence-corrected chi connectivity index (χ1v) is 15.5. The third kappa shape index (κ3) is 14.0. The number of allylic oxidation sites excluding steroid dienone is 7. The Morgan fingerprint density at radius 2 is 1.24 bits per heavy atom. The van der Waals surface area contributed by atoms with E-state index in [-0.39, 0.29) is 29.9 Å². The fraction of sp³-hybridized carbons (Fsp3) is 0.368. The Labute approximate surface area is 267 Å². The zero-order chi connectivity index (χ0) is 32.1. The number of benzene rings is 2. The lowest BCUT2D eigenvalue weighted by Gasteiger charge is -2.23. The Balaban J connectivity index is 1.67. The van der Waals surface area contributed by atoms with Crippen molar-refractivity contribution in [3.8, 4) is 11.5 Å². The monoisotopic (exact) mass is 614 g/mol. The van der Waals surface area contributed by atoms with E-state index >= 15 is 0 Å². The highest BCUT2D eigenvalue weighted by atomic mass is 16.5. The molecule has 2 aromatic carbocycles. The minimum absolute atomic E-state index is 0.000105. The van der Waals surface area contributed by atoms with Gasteiger partial charge in [0.1, 0.15) is 11.5 Å². The van der Waals surface area contributed by atoms with Gasteiger partial charge in [-0.1, -0.05) is 79.8 Å². The van der Waals surface area contributed by atoms with Crippen molar-refractivity contribution in [2.75, 3.05) is 20.8 Å². The topological polar surface area (TPSA) is 80.3 Å². The van der Waals surface area contributed by atoms with Crippen molar-refractivity contribution >= 4 is 11.8 Å². The van der Waals surface area contributed by atoms with Gasteiger partial charge < -0.3 is 23.7 Å². The van der Waals surface area contributed by atoms with Crippen LogP contribution in [0.1, 0.15) is 50.2 Å². The molecule has 2 aromatic rings. The lowest BCUT2D eigenvalue weighted by Crippen LogP contribution is -2.27. The third-order valence-electron chi connectivity index (χ3n) is 7.41. The van der Waals surface area contributed by atoms with Crippen molar-refractivity contribution in [1.29, 1.82) is 0 Å². The summed E-state index contributed by atoms with van der Waals surface area (Å²) in [4.78, 5) is 25.2. The number of ketones is 1. The summed E-state index contributed by atoms with van der Waals surface area (Å²) in [5.41, 5.74) is 2.06. The van der Waals surface area contributed by atoms with Crippen LogP contribution in [-0.2, 0) is 37.0 Å². The summed E-state index contributed by atoms with van der Waals surface area (Å²) in [7, 11) is 3.28. The molecule has 7 heteroatoms. The molecule has 1 aliphatic rings. The Kier molecular flexibility index (Phi) is 16.2. The summed E-state index contributed by atoms with van der Waals surface area (Å²) in [6.07, 6.45) is 21.2. The van der Waals surface area contributed by atoms with Crippen molar-refractivity contribution in [3.63, 3.8) is 0 Å². The molecule has 1 aliphatic heterocycles. The van der Waals surface area contributed by atoms with Gasteiger partial charge in [0, 0.05) is 12.0 Å². The van der Waals surface area contributed by atoms with Crippen LogP contribution in [0.25, 0.3) is 0 Å². The smallest absolute Gasteiger partial charge is 0.330 e. The number of rotatable bonds is 8. The number of carbonyl (C=O) groups is 2. The minimum Gasteiger partial charge on any atom is -0.497 e. The summed E-state index contributed by atoms with van der Waals surface area (Å²) in [6, 6.07) is 15.5. The molecule has 0 aliphatic carbocycles. The zero-order valence-electron chi connectivity index (χ0n) is 26.6. The Hall–Kier alpha value is -4.20. The van der Waals surface area contributed by atoms with Crippen LogP contribution in [0.3, 0.4) is 0 Å². The maximum Gasteiger partial charge on any atom is 0.330 e. The summed E-state index contributed by atoms with van der Waals surface area (Å²) in [5, 5.41) is 0. The maximum atomic E-state index is 13.1. The lowest BCUT2D eigenvalue weighted by molar-refractivity contribution is -0.137. The van der Waals surface area contributed by atoms with Gasteiger partial charge in [0.15, 0.2) is 5.78 Å². The van der Waals surface area contributed by atoms with Crippen LogP contribution in [0, 0.1) is 5.92 Å². The molecule has 0 fully saturated rings. The van der Waals surface area contributed by atoms with Crippen LogP contribution in [0.2, 0.25) is 0 Å². The van der Waals surface area contributed by atoms with Crippen molar-refractivity contribution in [1.82, 2.24) is 0 Å². The van der Waals surface area contributed by atoms with E-state index < -0.39 is 0 Å². The van der Waals surface area contributed by atoms with E-state index in [0.717, 1.165) is 29.0 Å². The van der Waals surface area contributed by atoms with Crippen molar-refractivity contribution in [2.45, 2.75) is 64.4 Å². The number of ether oxygens (including phenoxy) is 5. The van der Waals surface area contributed by atoms with E-state index in [2.05, 4.69) is 0 Å². The van der Waals surface area contributed by atoms with Gasteiger partial charge in [-0.3, -0.25) is 4.79 Å². The third-order valence-corrected chi connectivity index (χ3v) is 7.41. The Morgan fingerprint density at radius 3 is 1.87 bits per heavy atom. The van der Waals surface area contributed by atoms with Crippen LogP contribution in [0.15, 0.2) is 109 Å². The molecule has 1 heterocycles. The van der Waals surface area contributed by atoms with Crippen molar-refractivity contribution < 1.29 is 33.3 Å². The molecular formula is C38H46O7. The summed E-state index contributed by atoms with van der Waals surface area (Å²) < 4.78 is 28.3. The predicted molar refractivity (Wildman–Crippen MR) is 177 cm³/mol. The van der Waals surface area contributed by atoms with Gasteiger partial charge in [-0.25, -0.2) is 4.79 Å². The first-order chi connectivity index (χ1) is 22.0. The second kappa shape index (κ2) is 20.7. The molecule has 0 spiro atoms. The molecular weight excluding hydrogens is 568 g/mol. The molecule has 0 radical (unpaired) electrons. The number of methoxy groups -OCH3 is 2. The quantitative estimate of drug-likeness (QED) is 0.282. The minimum atomic E-state index is -0.384. The molecule has 0 unspecified atom stereocenters. The number of hydrogen-bond donors (Lipinski definition) is 0. The van der Waals surface area contributed by atoms with Gasteiger partial charge >= 0.3 is 5.97 Å². The SMILES string of the molecule is COc1ccc(CO[C@H]2C/C=C/C=C/C=C/C(=O)OCCCC[C@H](OCc3ccc(OC)cc3)[C@@H](C)C(=O)/C=C/C=C/C2)cc1. The average molecular weight is 615 g/mol. The van der Waals surface area contributed by atoms with Gasteiger partial charge in [0.25, 0.3) is 0 Å². The van der Waals surface area contributed by atoms with Crippen LogP contribution < -0.4 is 9.47 Å². The van der Waals surface area contributed by atoms with E-state index in [9.17, 15) is 9.59 Å². The highest BCUT2D eigenvalue weighted by molar-refractivity contribution is 5.92. The largest absolute Gasteiger partial charge is 0.497 e. The summed E-state index contributed by atoms with van der Waals surface area (Å²) in [6.45, 7) is 3.07. The molecule has 0 saturated heterocycles. The fourth-order valence-corrected chi connectivity index (χ4v) is 4.60. The molecule has 0 amide bonds. The fourth-order valence-electron chi connectivity index (χ4n) is 4.60. The van der Waals surface area contributed by atoms with Crippen LogP contribution >= 0.6 is 0 Å². The van der Waals surface area contributed by atoms with E-state index in [1.54, 1.807) is 38.5 Å². The van der Waals surface area contributed by atoms with Crippen LogP contribution in [0.4, 0.5) is 0 Å². The number of cyclic esters (lactones) is 1. The van der Waals surface area contributed by atoms with Gasteiger partial charge in [-0.15, -0.1) is 0 Å². The molecule has 0 N–H and O–H groups in total. The second-order valence-corrected chi connectivity index (χ2v) is 10.8. The van der Waals surface area contributed by atoms with Gasteiger partial charge in [0.2, 0.25) is 0 Å². The highest BCUT2D eigenvalue weighted by Crippen LogP contribution is 2.20. The van der Waals surface area contributed by atoms with E-state index in [4.69, 9.17) is 23.7 Å². The predicted octanol–water partition coefficient (Wildman–Crippen LogP) is 7.67.